The van der Waals surface area contributed by atoms with Crippen LogP contribution in [0.5, 0.6) is 0 Å². The number of anilines is 5. The fourth-order valence-corrected chi connectivity index (χ4v) is 9.04. The van der Waals surface area contributed by atoms with Crippen LogP contribution in [0, 0.1) is 0 Å². The Kier molecular flexibility index (Phi) is 5.83. The van der Waals surface area contributed by atoms with Crippen molar-refractivity contribution >= 4 is 90.1 Å². The zero-order chi connectivity index (χ0) is 34.6. The molecule has 0 atom stereocenters. The van der Waals surface area contributed by atoms with Gasteiger partial charge in [-0.1, -0.05) is 127 Å². The first-order valence-electron chi connectivity index (χ1n) is 18.1. The topological polar surface area (TPSA) is 32.8 Å². The van der Waals surface area contributed by atoms with Gasteiger partial charge in [-0.3, -0.25) is 0 Å². The van der Waals surface area contributed by atoms with Gasteiger partial charge < -0.3 is 18.5 Å². The summed E-state index contributed by atoms with van der Waals surface area (Å²) < 4.78 is 13.3. The summed E-state index contributed by atoms with van der Waals surface area (Å²) in [6, 6.07) is 63.0. The molecule has 0 saturated carbocycles. The first kappa shape index (κ1) is 28.7. The molecule has 2 aromatic heterocycles. The van der Waals surface area contributed by atoms with Crippen molar-refractivity contribution in [1.82, 2.24) is 0 Å². The average Bonchev–Trinajstić information content (AvgIpc) is 3.79. The van der Waals surface area contributed by atoms with Gasteiger partial charge in [0.1, 0.15) is 16.7 Å². The Labute approximate surface area is 305 Å². The smallest absolute Gasteiger partial charge is 0.333 e. The molecule has 2 aliphatic rings. The van der Waals surface area contributed by atoms with Gasteiger partial charge in [-0.25, -0.2) is 0 Å². The molecule has 0 amide bonds. The van der Waals surface area contributed by atoms with Crippen LogP contribution in [0.2, 0.25) is 0 Å². The number of hydrogen-bond donors (Lipinski definition) is 0. The SMILES string of the molecule is c1ccc(-c2cc3c(cc2N2B4c5ccccc5N(c5cccc6c5oc5ccccc56)c5cccc(c54)-c4ccccc42)oc2ccccc23)cc1. The maximum atomic E-state index is 6.68. The van der Waals surface area contributed by atoms with Crippen LogP contribution in [0.1, 0.15) is 0 Å². The molecule has 5 heteroatoms. The second kappa shape index (κ2) is 10.8. The molecule has 0 fully saturated rings. The Bertz CT molecular complexity index is 3110. The van der Waals surface area contributed by atoms with E-state index in [1.807, 2.05) is 12.1 Å². The standard InChI is InChI=1S/C48H29BN2O2/c1-2-14-30(15-3-1)36-28-37-33-18-6-10-26-44(33)52-46(37)29-43(36)51-39-22-8-4-16-31(39)34-19-12-24-41-47(34)49(51)38-21-7-9-23-40(38)50(41)42-25-13-20-35-32-17-5-11-27-45(32)53-48(35)42/h1-29H. The van der Waals surface area contributed by atoms with E-state index in [-0.39, 0.29) is 6.85 Å². The Hall–Kier alpha value is -6.98. The van der Waals surface area contributed by atoms with Crippen molar-refractivity contribution in [2.75, 3.05) is 9.71 Å². The maximum Gasteiger partial charge on any atom is 0.333 e. The molecule has 8 aromatic carbocycles. The van der Waals surface area contributed by atoms with Crippen LogP contribution in [0.25, 0.3) is 66.1 Å². The minimum Gasteiger partial charge on any atom is -0.456 e. The Morgan fingerprint density at radius 2 is 1.00 bits per heavy atom. The number of para-hydroxylation sites is 5. The van der Waals surface area contributed by atoms with Crippen LogP contribution in [0.15, 0.2) is 185 Å². The predicted molar refractivity (Wildman–Crippen MR) is 220 cm³/mol. The number of rotatable bonds is 3. The van der Waals surface area contributed by atoms with Crippen molar-refractivity contribution in [3.05, 3.63) is 176 Å². The monoisotopic (exact) mass is 676 g/mol. The Morgan fingerprint density at radius 1 is 0.377 bits per heavy atom. The molecule has 4 heterocycles. The fraction of sp³-hybridized carbons (Fsp3) is 0. The van der Waals surface area contributed by atoms with E-state index in [1.165, 1.54) is 22.1 Å². The van der Waals surface area contributed by atoms with Crippen LogP contribution in [0.3, 0.4) is 0 Å². The zero-order valence-corrected chi connectivity index (χ0v) is 28.5. The number of nitrogens with zero attached hydrogens (tertiary/aromatic N) is 2. The van der Waals surface area contributed by atoms with Crippen LogP contribution in [-0.2, 0) is 0 Å². The van der Waals surface area contributed by atoms with Crippen LogP contribution < -0.4 is 20.6 Å². The lowest BCUT2D eigenvalue weighted by Gasteiger charge is -2.46. The van der Waals surface area contributed by atoms with E-state index >= 15 is 0 Å². The molecule has 0 aliphatic carbocycles. The lowest BCUT2D eigenvalue weighted by atomic mass is 9.43. The highest BCUT2D eigenvalue weighted by molar-refractivity contribution is 6.93. The first-order valence-corrected chi connectivity index (χ1v) is 18.1. The summed E-state index contributed by atoms with van der Waals surface area (Å²) in [5.41, 5.74) is 16.3. The normalized spacial score (nSPS) is 13.2. The van der Waals surface area contributed by atoms with Crippen LogP contribution in [-0.4, -0.2) is 6.85 Å². The molecule has 0 radical (unpaired) electrons. The first-order chi connectivity index (χ1) is 26.3. The highest BCUT2D eigenvalue weighted by Gasteiger charge is 2.45. The molecule has 0 bridgehead atoms. The maximum absolute atomic E-state index is 6.68. The molecule has 0 unspecified atom stereocenters. The van der Waals surface area contributed by atoms with Gasteiger partial charge in [0.15, 0.2) is 5.58 Å². The second-order valence-corrected chi connectivity index (χ2v) is 14.0. The third-order valence-corrected chi connectivity index (χ3v) is 11.2. The highest BCUT2D eigenvalue weighted by Crippen LogP contribution is 2.50. The molecule has 0 spiro atoms. The third-order valence-electron chi connectivity index (χ3n) is 11.2. The second-order valence-electron chi connectivity index (χ2n) is 14.0. The van der Waals surface area contributed by atoms with E-state index in [0.717, 1.165) is 83.4 Å². The van der Waals surface area contributed by atoms with E-state index in [2.05, 4.69) is 174 Å². The summed E-state index contributed by atoms with van der Waals surface area (Å²) >= 11 is 0. The van der Waals surface area contributed by atoms with Gasteiger partial charge in [0.2, 0.25) is 0 Å². The molecule has 4 nitrogen and oxygen atoms in total. The van der Waals surface area contributed by atoms with Gasteiger partial charge in [-0.15, -0.1) is 0 Å². The van der Waals surface area contributed by atoms with Gasteiger partial charge in [-0.2, -0.15) is 0 Å². The van der Waals surface area contributed by atoms with Crippen molar-refractivity contribution in [2.45, 2.75) is 0 Å². The van der Waals surface area contributed by atoms with Crippen molar-refractivity contribution in [2.24, 2.45) is 0 Å². The minimum atomic E-state index is -0.122. The van der Waals surface area contributed by atoms with E-state index < -0.39 is 0 Å². The average molecular weight is 677 g/mol. The summed E-state index contributed by atoms with van der Waals surface area (Å²) in [6.07, 6.45) is 0. The largest absolute Gasteiger partial charge is 0.456 e. The summed E-state index contributed by atoms with van der Waals surface area (Å²) in [4.78, 5) is 4.98. The van der Waals surface area contributed by atoms with Gasteiger partial charge in [0.05, 0.1) is 5.69 Å². The number of fused-ring (bicyclic) bond motifs is 10. The van der Waals surface area contributed by atoms with Gasteiger partial charge >= 0.3 is 6.85 Å². The Morgan fingerprint density at radius 3 is 1.87 bits per heavy atom. The van der Waals surface area contributed by atoms with E-state index in [9.17, 15) is 0 Å². The Balaban J connectivity index is 1.18. The number of furan rings is 2. The zero-order valence-electron chi connectivity index (χ0n) is 28.5. The summed E-state index contributed by atoms with van der Waals surface area (Å²) in [5.74, 6) is 0. The summed E-state index contributed by atoms with van der Waals surface area (Å²) in [6.45, 7) is -0.122. The molecule has 53 heavy (non-hydrogen) atoms. The molecule has 246 valence electrons. The minimum absolute atomic E-state index is 0.122. The van der Waals surface area contributed by atoms with Crippen molar-refractivity contribution in [1.29, 1.82) is 0 Å². The van der Waals surface area contributed by atoms with Crippen molar-refractivity contribution < 1.29 is 8.83 Å². The third kappa shape index (κ3) is 3.96. The van der Waals surface area contributed by atoms with Crippen molar-refractivity contribution in [3.8, 4) is 22.3 Å². The molecule has 2 aliphatic heterocycles. The highest BCUT2D eigenvalue weighted by atomic mass is 16.3. The molecule has 0 saturated heterocycles. The van der Waals surface area contributed by atoms with Gasteiger partial charge in [0, 0.05) is 61.5 Å². The molecule has 10 aromatic rings. The lowest BCUT2D eigenvalue weighted by Crippen LogP contribution is -2.61. The predicted octanol–water partition coefficient (Wildman–Crippen LogP) is 11.9. The van der Waals surface area contributed by atoms with Gasteiger partial charge in [-0.05, 0) is 64.5 Å². The summed E-state index contributed by atoms with van der Waals surface area (Å²) in [7, 11) is 0. The number of hydrogen-bond acceptors (Lipinski definition) is 4. The van der Waals surface area contributed by atoms with Crippen molar-refractivity contribution in [3.63, 3.8) is 0 Å². The van der Waals surface area contributed by atoms with E-state index in [0.29, 0.717) is 0 Å². The summed E-state index contributed by atoms with van der Waals surface area (Å²) in [5, 5.41) is 4.47. The molecular formula is C48H29BN2O2. The fourth-order valence-electron chi connectivity index (χ4n) is 9.04. The number of benzene rings is 8. The van der Waals surface area contributed by atoms with Gasteiger partial charge in [0.25, 0.3) is 0 Å². The quantitative estimate of drug-likeness (QED) is 0.174. The van der Waals surface area contributed by atoms with E-state index in [4.69, 9.17) is 8.83 Å². The molecular weight excluding hydrogens is 647 g/mol. The molecule has 0 N–H and O–H groups in total. The lowest BCUT2D eigenvalue weighted by molar-refractivity contribution is 0.668. The van der Waals surface area contributed by atoms with Crippen LogP contribution >= 0.6 is 0 Å². The van der Waals surface area contributed by atoms with Crippen LogP contribution in [0.4, 0.5) is 28.4 Å². The molecule has 12 rings (SSSR count). The van der Waals surface area contributed by atoms with E-state index in [1.54, 1.807) is 0 Å².